The molecule has 1 saturated heterocycles. The standard InChI is InChI=1S/C19H20N4S/c1-2-4-14(5-3-1)17-9-21-18-8-15-10-22(11-16(15)12-23(17)18)13-19-20-6-7-24-19/h1-7,9,15-16H,8,10-13H2/t15-,16+/m0/s1. The Kier molecular flexibility index (Phi) is 3.49. The number of hydrogen-bond donors (Lipinski definition) is 0. The first-order chi connectivity index (χ1) is 11.9. The molecule has 0 aliphatic carbocycles. The van der Waals surface area contributed by atoms with Gasteiger partial charge in [-0.05, 0) is 17.4 Å². The second kappa shape index (κ2) is 5.83. The Morgan fingerprint density at radius 2 is 1.92 bits per heavy atom. The van der Waals surface area contributed by atoms with E-state index in [4.69, 9.17) is 4.98 Å². The van der Waals surface area contributed by atoms with Crippen molar-refractivity contribution in [3.05, 3.63) is 58.9 Å². The van der Waals surface area contributed by atoms with E-state index in [1.807, 2.05) is 6.20 Å². The minimum atomic E-state index is 0.731. The predicted octanol–water partition coefficient (Wildman–Crippen LogP) is 3.31. The SMILES string of the molecule is c1ccc(-c2cnc3n2C[C@H]2CN(Cc4nccs4)C[C@@H]2C3)cc1. The van der Waals surface area contributed by atoms with Crippen molar-refractivity contribution in [1.82, 2.24) is 19.4 Å². The Bertz CT molecular complexity index is 824. The van der Waals surface area contributed by atoms with Crippen molar-refractivity contribution in [3.63, 3.8) is 0 Å². The number of fused-ring (bicyclic) bond motifs is 2. The molecule has 0 bridgehead atoms. The summed E-state index contributed by atoms with van der Waals surface area (Å²) < 4.78 is 2.45. The van der Waals surface area contributed by atoms with Crippen LogP contribution in [0, 0.1) is 11.8 Å². The average Bonchev–Trinajstić information content (AvgIpc) is 3.32. The highest BCUT2D eigenvalue weighted by molar-refractivity contribution is 7.09. The summed E-state index contributed by atoms with van der Waals surface area (Å²) in [6.07, 6.45) is 5.07. The van der Waals surface area contributed by atoms with Crippen molar-refractivity contribution >= 4 is 11.3 Å². The van der Waals surface area contributed by atoms with Crippen molar-refractivity contribution in [2.24, 2.45) is 11.8 Å². The molecule has 122 valence electrons. The number of aromatic nitrogens is 3. The van der Waals surface area contributed by atoms with E-state index >= 15 is 0 Å². The average molecular weight is 336 g/mol. The summed E-state index contributed by atoms with van der Waals surface area (Å²) in [5, 5.41) is 3.30. The molecule has 2 aliphatic heterocycles. The number of likely N-dealkylation sites (tertiary alicyclic amines) is 1. The first-order valence-corrected chi connectivity index (χ1v) is 9.45. The van der Waals surface area contributed by atoms with E-state index in [9.17, 15) is 0 Å². The molecule has 2 atom stereocenters. The molecule has 0 spiro atoms. The summed E-state index contributed by atoms with van der Waals surface area (Å²) in [4.78, 5) is 11.7. The summed E-state index contributed by atoms with van der Waals surface area (Å²) in [6, 6.07) is 10.6. The highest BCUT2D eigenvalue weighted by atomic mass is 32.1. The predicted molar refractivity (Wildman–Crippen MR) is 95.7 cm³/mol. The second-order valence-electron chi connectivity index (χ2n) is 6.88. The van der Waals surface area contributed by atoms with Crippen molar-refractivity contribution in [2.45, 2.75) is 19.5 Å². The summed E-state index contributed by atoms with van der Waals surface area (Å²) in [6.45, 7) is 4.45. The van der Waals surface area contributed by atoms with E-state index < -0.39 is 0 Å². The van der Waals surface area contributed by atoms with Crippen LogP contribution in [-0.2, 0) is 19.5 Å². The fourth-order valence-corrected chi connectivity index (χ4v) is 4.87. The second-order valence-corrected chi connectivity index (χ2v) is 7.86. The Labute approximate surface area is 145 Å². The van der Waals surface area contributed by atoms with E-state index in [2.05, 4.69) is 56.4 Å². The zero-order valence-electron chi connectivity index (χ0n) is 13.5. The number of benzene rings is 1. The van der Waals surface area contributed by atoms with Gasteiger partial charge in [0.15, 0.2) is 0 Å². The first-order valence-electron chi connectivity index (χ1n) is 8.57. The molecule has 0 N–H and O–H groups in total. The van der Waals surface area contributed by atoms with Crippen molar-refractivity contribution in [2.75, 3.05) is 13.1 Å². The highest BCUT2D eigenvalue weighted by Gasteiger charge is 2.38. The number of thiazole rings is 1. The number of hydrogen-bond acceptors (Lipinski definition) is 4. The van der Waals surface area contributed by atoms with Gasteiger partial charge in [0.1, 0.15) is 10.8 Å². The molecule has 24 heavy (non-hydrogen) atoms. The maximum Gasteiger partial charge on any atom is 0.109 e. The Morgan fingerprint density at radius 3 is 2.75 bits per heavy atom. The molecule has 1 fully saturated rings. The van der Waals surface area contributed by atoms with Gasteiger partial charge in [0.05, 0.1) is 18.4 Å². The van der Waals surface area contributed by atoms with Crippen molar-refractivity contribution < 1.29 is 0 Å². The molecule has 2 aromatic heterocycles. The van der Waals surface area contributed by atoms with E-state index in [1.54, 1.807) is 11.3 Å². The van der Waals surface area contributed by atoms with Gasteiger partial charge < -0.3 is 4.57 Å². The maximum absolute atomic E-state index is 4.73. The molecule has 2 aliphatic rings. The van der Waals surface area contributed by atoms with Crippen molar-refractivity contribution in [1.29, 1.82) is 0 Å². The van der Waals surface area contributed by atoms with Gasteiger partial charge >= 0.3 is 0 Å². The lowest BCUT2D eigenvalue weighted by Gasteiger charge is -2.27. The van der Waals surface area contributed by atoms with Crippen LogP contribution in [-0.4, -0.2) is 32.5 Å². The summed E-state index contributed by atoms with van der Waals surface area (Å²) in [7, 11) is 0. The van der Waals surface area contributed by atoms with Gasteiger partial charge in [-0.3, -0.25) is 4.90 Å². The molecular weight excluding hydrogens is 316 g/mol. The third-order valence-corrected chi connectivity index (χ3v) is 6.13. The maximum atomic E-state index is 4.73. The van der Waals surface area contributed by atoms with Crippen LogP contribution in [0.4, 0.5) is 0 Å². The van der Waals surface area contributed by atoms with E-state index in [0.717, 1.165) is 31.3 Å². The van der Waals surface area contributed by atoms with Crippen LogP contribution in [0.15, 0.2) is 48.1 Å². The minimum Gasteiger partial charge on any atom is -0.328 e. The van der Waals surface area contributed by atoms with Gasteiger partial charge in [0, 0.05) is 37.6 Å². The van der Waals surface area contributed by atoms with Gasteiger partial charge in [-0.2, -0.15) is 0 Å². The molecule has 5 rings (SSSR count). The van der Waals surface area contributed by atoms with Gasteiger partial charge in [-0.25, -0.2) is 9.97 Å². The number of rotatable bonds is 3. The molecule has 4 heterocycles. The first kappa shape index (κ1) is 14.4. The van der Waals surface area contributed by atoms with Crippen LogP contribution in [0.3, 0.4) is 0 Å². The minimum absolute atomic E-state index is 0.731. The largest absolute Gasteiger partial charge is 0.328 e. The molecular formula is C19H20N4S. The van der Waals surface area contributed by atoms with Gasteiger partial charge in [-0.15, -0.1) is 11.3 Å². The molecule has 0 unspecified atom stereocenters. The van der Waals surface area contributed by atoms with Crippen LogP contribution < -0.4 is 0 Å². The van der Waals surface area contributed by atoms with E-state index in [-0.39, 0.29) is 0 Å². The van der Waals surface area contributed by atoms with E-state index in [0.29, 0.717) is 0 Å². The molecule has 3 aromatic rings. The Hall–Kier alpha value is -1.98. The third kappa shape index (κ3) is 2.48. The van der Waals surface area contributed by atoms with Gasteiger partial charge in [-0.1, -0.05) is 30.3 Å². The van der Waals surface area contributed by atoms with Gasteiger partial charge in [0.25, 0.3) is 0 Å². The van der Waals surface area contributed by atoms with Gasteiger partial charge in [0.2, 0.25) is 0 Å². The quantitative estimate of drug-likeness (QED) is 0.736. The summed E-state index contributed by atoms with van der Waals surface area (Å²) >= 11 is 1.76. The van der Waals surface area contributed by atoms with Crippen molar-refractivity contribution in [3.8, 4) is 11.3 Å². The molecule has 4 nitrogen and oxygen atoms in total. The topological polar surface area (TPSA) is 34.0 Å². The van der Waals surface area contributed by atoms with Crippen LogP contribution >= 0.6 is 11.3 Å². The van der Waals surface area contributed by atoms with Crippen LogP contribution in [0.1, 0.15) is 10.8 Å². The third-order valence-electron chi connectivity index (χ3n) is 5.36. The smallest absolute Gasteiger partial charge is 0.109 e. The zero-order valence-corrected chi connectivity index (χ0v) is 14.3. The lowest BCUT2D eigenvalue weighted by Crippen LogP contribution is -2.28. The summed E-state index contributed by atoms with van der Waals surface area (Å²) in [5.74, 6) is 2.73. The normalized spacial score (nSPS) is 23.2. The summed E-state index contributed by atoms with van der Waals surface area (Å²) in [5.41, 5.74) is 2.54. The lowest BCUT2D eigenvalue weighted by atomic mass is 9.89. The highest BCUT2D eigenvalue weighted by Crippen LogP contribution is 2.35. The monoisotopic (exact) mass is 336 g/mol. The fourth-order valence-electron chi connectivity index (χ4n) is 4.21. The zero-order chi connectivity index (χ0) is 15.9. The number of nitrogens with zero attached hydrogens (tertiary/aromatic N) is 4. The lowest BCUT2D eigenvalue weighted by molar-refractivity contribution is 0.306. The van der Waals surface area contributed by atoms with Crippen LogP contribution in [0.25, 0.3) is 11.3 Å². The van der Waals surface area contributed by atoms with Crippen LogP contribution in [0.5, 0.6) is 0 Å². The molecule has 5 heteroatoms. The fraction of sp³-hybridized carbons (Fsp3) is 0.368. The molecule has 1 aromatic carbocycles. The Balaban J connectivity index is 1.37. The van der Waals surface area contributed by atoms with Crippen LogP contribution in [0.2, 0.25) is 0 Å². The number of imidazole rings is 1. The van der Waals surface area contributed by atoms with E-state index in [1.165, 1.54) is 35.2 Å². The molecule has 0 amide bonds. The molecule has 0 saturated carbocycles. The molecule has 0 radical (unpaired) electrons. The Morgan fingerprint density at radius 1 is 1.04 bits per heavy atom.